The summed E-state index contributed by atoms with van der Waals surface area (Å²) in [6.07, 6.45) is 0. The van der Waals surface area contributed by atoms with Gasteiger partial charge in [0.2, 0.25) is 0 Å². The summed E-state index contributed by atoms with van der Waals surface area (Å²) >= 11 is 6.04. The molecule has 0 N–H and O–H groups in total. The first-order valence-electron chi connectivity index (χ1n) is 5.10. The maximum atomic E-state index is 12.0. The molecule has 86 valence electrons. The minimum atomic E-state index is -0.817. The highest BCUT2D eigenvalue weighted by Gasteiger charge is 2.39. The van der Waals surface area contributed by atoms with Crippen LogP contribution in [-0.4, -0.2) is 18.6 Å². The maximum Gasteiger partial charge on any atom is 0.270 e. The Morgan fingerprint density at radius 2 is 2.00 bits per heavy atom. The van der Waals surface area contributed by atoms with Crippen molar-refractivity contribution in [3.8, 4) is 5.75 Å². The van der Waals surface area contributed by atoms with E-state index in [1.165, 1.54) is 0 Å². The van der Waals surface area contributed by atoms with Crippen molar-refractivity contribution in [3.63, 3.8) is 0 Å². The first kappa shape index (κ1) is 11.3. The predicted molar refractivity (Wildman–Crippen MR) is 64.3 cm³/mol. The van der Waals surface area contributed by atoms with Crippen LogP contribution in [0.1, 0.15) is 19.4 Å². The second-order valence-corrected chi connectivity index (χ2v) is 4.95. The third-order valence-electron chi connectivity index (χ3n) is 2.79. The summed E-state index contributed by atoms with van der Waals surface area (Å²) in [5.74, 6) is 0.633. The second-order valence-electron chi connectivity index (χ2n) is 4.55. The number of fused-ring (bicyclic) bond motifs is 1. The summed E-state index contributed by atoms with van der Waals surface area (Å²) in [5, 5.41) is 0.640. The van der Waals surface area contributed by atoms with E-state index in [1.807, 2.05) is 13.0 Å². The van der Waals surface area contributed by atoms with Crippen LogP contribution < -0.4 is 9.64 Å². The van der Waals surface area contributed by atoms with E-state index < -0.39 is 5.60 Å². The van der Waals surface area contributed by atoms with E-state index in [-0.39, 0.29) is 5.91 Å². The zero-order valence-electron chi connectivity index (χ0n) is 9.80. The molecule has 0 atom stereocenters. The molecule has 1 aliphatic rings. The van der Waals surface area contributed by atoms with Crippen LogP contribution in [0.3, 0.4) is 0 Å². The molecule has 1 aliphatic heterocycles. The standard InChI is InChI=1S/C12H14ClNO2/c1-7-5-10-9(6-8(7)13)14(4)11(15)12(2,3)16-10/h5-6H,1-4H3. The van der Waals surface area contributed by atoms with Gasteiger partial charge in [0.15, 0.2) is 5.60 Å². The van der Waals surface area contributed by atoms with Crippen molar-refractivity contribution in [2.45, 2.75) is 26.4 Å². The number of hydrogen-bond acceptors (Lipinski definition) is 2. The minimum absolute atomic E-state index is 0.0695. The molecule has 0 aromatic heterocycles. The number of rotatable bonds is 0. The van der Waals surface area contributed by atoms with Crippen LogP contribution in [0.25, 0.3) is 0 Å². The number of ether oxygens (including phenoxy) is 1. The fraction of sp³-hybridized carbons (Fsp3) is 0.417. The van der Waals surface area contributed by atoms with Crippen molar-refractivity contribution in [1.82, 2.24) is 0 Å². The fourth-order valence-corrected chi connectivity index (χ4v) is 1.98. The molecule has 2 rings (SSSR count). The molecule has 1 heterocycles. The topological polar surface area (TPSA) is 29.5 Å². The summed E-state index contributed by atoms with van der Waals surface area (Å²) < 4.78 is 5.69. The molecule has 1 aromatic carbocycles. The van der Waals surface area contributed by atoms with Crippen molar-refractivity contribution in [1.29, 1.82) is 0 Å². The van der Waals surface area contributed by atoms with Gasteiger partial charge in [0.25, 0.3) is 5.91 Å². The molecule has 0 unspecified atom stereocenters. The molecular weight excluding hydrogens is 226 g/mol. The van der Waals surface area contributed by atoms with Crippen LogP contribution in [0.5, 0.6) is 5.75 Å². The molecule has 1 amide bonds. The molecule has 4 heteroatoms. The fourth-order valence-electron chi connectivity index (χ4n) is 1.82. The van der Waals surface area contributed by atoms with Crippen LogP contribution in [0.2, 0.25) is 5.02 Å². The third kappa shape index (κ3) is 1.55. The lowest BCUT2D eigenvalue weighted by molar-refractivity contribution is -0.132. The summed E-state index contributed by atoms with van der Waals surface area (Å²) in [5.41, 5.74) is 0.848. The molecule has 0 spiro atoms. The summed E-state index contributed by atoms with van der Waals surface area (Å²) in [6, 6.07) is 3.63. The Balaban J connectivity index is 2.60. The van der Waals surface area contributed by atoms with Crippen LogP contribution in [0, 0.1) is 6.92 Å². The Labute approximate surface area is 100.0 Å². The number of aryl methyl sites for hydroxylation is 1. The van der Waals surface area contributed by atoms with E-state index in [0.717, 1.165) is 11.3 Å². The number of anilines is 1. The largest absolute Gasteiger partial charge is 0.476 e. The van der Waals surface area contributed by atoms with Gasteiger partial charge in [-0.2, -0.15) is 0 Å². The van der Waals surface area contributed by atoms with E-state index >= 15 is 0 Å². The van der Waals surface area contributed by atoms with E-state index in [0.29, 0.717) is 10.8 Å². The molecule has 16 heavy (non-hydrogen) atoms. The normalized spacial score (nSPS) is 18.1. The molecule has 0 fully saturated rings. The Kier molecular flexibility index (Phi) is 2.39. The lowest BCUT2D eigenvalue weighted by atomic mass is 10.0. The third-order valence-corrected chi connectivity index (χ3v) is 3.19. The minimum Gasteiger partial charge on any atom is -0.476 e. The Bertz CT molecular complexity index is 468. The van der Waals surface area contributed by atoms with Crippen LogP contribution in [-0.2, 0) is 4.79 Å². The Morgan fingerprint density at radius 3 is 2.62 bits per heavy atom. The highest BCUT2D eigenvalue weighted by Crippen LogP contribution is 2.39. The van der Waals surface area contributed by atoms with Gasteiger partial charge in [-0.15, -0.1) is 0 Å². The smallest absolute Gasteiger partial charge is 0.270 e. The van der Waals surface area contributed by atoms with E-state index in [2.05, 4.69) is 0 Å². The maximum absolute atomic E-state index is 12.0. The Hall–Kier alpha value is -1.22. The van der Waals surface area contributed by atoms with Crippen molar-refractivity contribution < 1.29 is 9.53 Å². The number of halogens is 1. The number of nitrogens with zero attached hydrogens (tertiary/aromatic N) is 1. The number of likely N-dealkylation sites (N-methyl/N-ethyl adjacent to an activating group) is 1. The van der Waals surface area contributed by atoms with Crippen molar-refractivity contribution in [2.24, 2.45) is 0 Å². The molecule has 0 saturated carbocycles. The van der Waals surface area contributed by atoms with Crippen molar-refractivity contribution in [2.75, 3.05) is 11.9 Å². The van der Waals surface area contributed by atoms with Crippen LogP contribution in [0.4, 0.5) is 5.69 Å². The number of amides is 1. The summed E-state index contributed by atoms with van der Waals surface area (Å²) in [4.78, 5) is 13.6. The van der Waals surface area contributed by atoms with Gasteiger partial charge in [0, 0.05) is 12.1 Å². The zero-order valence-corrected chi connectivity index (χ0v) is 10.6. The molecular formula is C12H14ClNO2. The quantitative estimate of drug-likeness (QED) is 0.697. The second kappa shape index (κ2) is 3.39. The van der Waals surface area contributed by atoms with Gasteiger partial charge in [-0.1, -0.05) is 11.6 Å². The lowest BCUT2D eigenvalue weighted by Crippen LogP contribution is -2.50. The lowest BCUT2D eigenvalue weighted by Gasteiger charge is -2.37. The van der Waals surface area contributed by atoms with E-state index in [1.54, 1.807) is 31.9 Å². The van der Waals surface area contributed by atoms with E-state index in [4.69, 9.17) is 16.3 Å². The average molecular weight is 240 g/mol. The van der Waals surface area contributed by atoms with Gasteiger partial charge in [-0.25, -0.2) is 0 Å². The first-order valence-corrected chi connectivity index (χ1v) is 5.48. The van der Waals surface area contributed by atoms with Gasteiger partial charge in [-0.05, 0) is 38.5 Å². The Morgan fingerprint density at radius 1 is 1.38 bits per heavy atom. The molecule has 1 aromatic rings. The number of benzene rings is 1. The number of carbonyl (C=O) groups is 1. The molecule has 3 nitrogen and oxygen atoms in total. The number of hydrogen-bond donors (Lipinski definition) is 0. The zero-order chi connectivity index (χ0) is 12.1. The van der Waals surface area contributed by atoms with Crippen LogP contribution in [0.15, 0.2) is 12.1 Å². The van der Waals surface area contributed by atoms with Gasteiger partial charge in [0.05, 0.1) is 5.69 Å². The molecule has 0 radical (unpaired) electrons. The monoisotopic (exact) mass is 239 g/mol. The molecule has 0 aliphatic carbocycles. The molecule has 0 bridgehead atoms. The van der Waals surface area contributed by atoms with Crippen molar-refractivity contribution in [3.05, 3.63) is 22.7 Å². The van der Waals surface area contributed by atoms with Crippen molar-refractivity contribution >= 4 is 23.2 Å². The summed E-state index contributed by atoms with van der Waals surface area (Å²) in [6.45, 7) is 5.44. The average Bonchev–Trinajstić information content (AvgIpc) is 2.18. The first-order chi connectivity index (χ1) is 7.33. The SMILES string of the molecule is Cc1cc2c(cc1Cl)N(C)C(=O)C(C)(C)O2. The predicted octanol–water partition coefficient (Wildman–Crippen LogP) is 2.78. The van der Waals surface area contributed by atoms with Gasteiger partial charge < -0.3 is 9.64 Å². The summed E-state index contributed by atoms with van der Waals surface area (Å²) in [7, 11) is 1.73. The molecule has 0 saturated heterocycles. The highest BCUT2D eigenvalue weighted by molar-refractivity contribution is 6.31. The number of carbonyl (C=O) groups excluding carboxylic acids is 1. The highest BCUT2D eigenvalue weighted by atomic mass is 35.5. The van der Waals surface area contributed by atoms with Gasteiger partial charge in [0.1, 0.15) is 5.75 Å². The van der Waals surface area contributed by atoms with E-state index in [9.17, 15) is 4.79 Å². The van der Waals surface area contributed by atoms with Gasteiger partial charge in [-0.3, -0.25) is 4.79 Å². The van der Waals surface area contributed by atoms with Gasteiger partial charge >= 0.3 is 0 Å². The van der Waals surface area contributed by atoms with Crippen LogP contribution >= 0.6 is 11.6 Å².